The third-order valence-corrected chi connectivity index (χ3v) is 5.56. The molecule has 8 nitrogen and oxygen atoms in total. The first-order valence-corrected chi connectivity index (χ1v) is 10.0. The van der Waals surface area contributed by atoms with E-state index in [0.717, 1.165) is 16.7 Å². The largest absolute Gasteiger partial charge is 0.317 e. The lowest BCUT2D eigenvalue weighted by atomic mass is 10.1. The monoisotopic (exact) mass is 433 g/mol. The molecule has 0 saturated carbocycles. The van der Waals surface area contributed by atoms with Crippen LogP contribution >= 0.6 is 11.8 Å². The highest BCUT2D eigenvalue weighted by atomic mass is 32.2. The fraction of sp³-hybridized carbons (Fsp3) is 0.0455. The van der Waals surface area contributed by atoms with E-state index in [4.69, 9.17) is 0 Å². The molecule has 1 aliphatic rings. The van der Waals surface area contributed by atoms with Gasteiger partial charge in [-0.2, -0.15) is 0 Å². The molecular formula is C22H15N3O5S. The van der Waals surface area contributed by atoms with E-state index in [9.17, 15) is 24.5 Å². The highest BCUT2D eigenvalue weighted by Gasteiger charge is 2.36. The summed E-state index contributed by atoms with van der Waals surface area (Å²) in [4.78, 5) is 49.2. The number of hydrogen-bond donors (Lipinski definition) is 0. The van der Waals surface area contributed by atoms with Crippen LogP contribution in [0.4, 0.5) is 10.5 Å². The average molecular weight is 433 g/mol. The van der Waals surface area contributed by atoms with Gasteiger partial charge in [0, 0.05) is 29.6 Å². The molecule has 0 unspecified atom stereocenters. The van der Waals surface area contributed by atoms with E-state index in [-0.39, 0.29) is 22.9 Å². The number of hydrogen-bond acceptors (Lipinski definition) is 6. The lowest BCUT2D eigenvalue weighted by Crippen LogP contribution is -2.33. The van der Waals surface area contributed by atoms with Crippen LogP contribution in [0.3, 0.4) is 0 Å². The molecule has 2 amide bonds. The number of non-ortho nitro benzene ring substituents is 1. The lowest BCUT2D eigenvalue weighted by Gasteiger charge is -2.11. The number of nitro groups is 1. The van der Waals surface area contributed by atoms with Crippen LogP contribution in [-0.2, 0) is 4.79 Å². The second-order valence-corrected chi connectivity index (χ2v) is 7.63. The molecule has 0 N–H and O–H groups in total. The normalized spacial score (nSPS) is 15.0. The van der Waals surface area contributed by atoms with Crippen LogP contribution in [-0.4, -0.2) is 37.9 Å². The smallest absolute Gasteiger partial charge is 0.293 e. The molecule has 2 aromatic carbocycles. The Labute approximate surface area is 180 Å². The summed E-state index contributed by atoms with van der Waals surface area (Å²) < 4.78 is 1.68. The summed E-state index contributed by atoms with van der Waals surface area (Å²) in [5.41, 5.74) is 1.48. The second-order valence-electron chi connectivity index (χ2n) is 6.64. The number of Topliss-reactive ketones (excluding diaryl/α,β-unsaturated/α-hetero) is 1. The summed E-state index contributed by atoms with van der Waals surface area (Å²) in [7, 11) is 0. The standard InChI is InChI=1S/C22H15N3O5S/c26-19(15-6-2-1-3-7-15)14-24-21(27)20(31-22(24)28)13-17-10-5-11-23(17)16-8-4-9-18(12-16)25(29)30/h1-13H,14H2/b20-13-. The van der Waals surface area contributed by atoms with E-state index in [1.807, 2.05) is 0 Å². The quantitative estimate of drug-likeness (QED) is 0.248. The van der Waals surface area contributed by atoms with Crippen LogP contribution in [0.1, 0.15) is 16.1 Å². The first-order chi connectivity index (χ1) is 14.9. The molecule has 0 atom stereocenters. The molecule has 3 aromatic rings. The van der Waals surface area contributed by atoms with Crippen molar-refractivity contribution in [1.29, 1.82) is 0 Å². The van der Waals surface area contributed by atoms with Gasteiger partial charge in [-0.25, -0.2) is 0 Å². The average Bonchev–Trinajstić information content (AvgIpc) is 3.34. The van der Waals surface area contributed by atoms with E-state index in [1.165, 1.54) is 18.2 Å². The Bertz CT molecular complexity index is 1230. The summed E-state index contributed by atoms with van der Waals surface area (Å²) >= 11 is 0.754. The van der Waals surface area contributed by atoms with E-state index in [2.05, 4.69) is 0 Å². The molecule has 31 heavy (non-hydrogen) atoms. The maximum Gasteiger partial charge on any atom is 0.293 e. The number of imide groups is 1. The van der Waals surface area contributed by atoms with E-state index in [0.29, 0.717) is 16.9 Å². The van der Waals surface area contributed by atoms with Gasteiger partial charge in [0.15, 0.2) is 5.78 Å². The lowest BCUT2D eigenvalue weighted by molar-refractivity contribution is -0.384. The number of aromatic nitrogens is 1. The van der Waals surface area contributed by atoms with Crippen molar-refractivity contribution in [3.05, 3.63) is 99.2 Å². The zero-order valence-electron chi connectivity index (χ0n) is 16.0. The summed E-state index contributed by atoms with van der Waals surface area (Å²) in [6, 6.07) is 18.0. The predicted molar refractivity (Wildman–Crippen MR) is 116 cm³/mol. The van der Waals surface area contributed by atoms with Crippen LogP contribution in [0, 0.1) is 10.1 Å². The highest BCUT2D eigenvalue weighted by Crippen LogP contribution is 2.33. The maximum absolute atomic E-state index is 12.8. The Morgan fingerprint density at radius 3 is 2.55 bits per heavy atom. The number of benzene rings is 2. The molecular weight excluding hydrogens is 418 g/mol. The van der Waals surface area contributed by atoms with Gasteiger partial charge in [0.1, 0.15) is 0 Å². The van der Waals surface area contributed by atoms with Gasteiger partial charge in [-0.1, -0.05) is 36.4 Å². The van der Waals surface area contributed by atoms with Crippen molar-refractivity contribution in [3.8, 4) is 5.69 Å². The first kappa shape index (κ1) is 20.3. The van der Waals surface area contributed by atoms with E-state index in [1.54, 1.807) is 65.4 Å². The van der Waals surface area contributed by atoms with Crippen LogP contribution < -0.4 is 0 Å². The van der Waals surface area contributed by atoms with Gasteiger partial charge in [0.05, 0.1) is 22.1 Å². The number of ketones is 1. The van der Waals surface area contributed by atoms with E-state index < -0.39 is 16.1 Å². The molecule has 0 bridgehead atoms. The molecule has 1 saturated heterocycles. The van der Waals surface area contributed by atoms with Crippen molar-refractivity contribution >= 4 is 40.5 Å². The fourth-order valence-corrected chi connectivity index (χ4v) is 3.96. The summed E-state index contributed by atoms with van der Waals surface area (Å²) in [5, 5.41) is 10.5. The van der Waals surface area contributed by atoms with Crippen molar-refractivity contribution in [3.63, 3.8) is 0 Å². The van der Waals surface area contributed by atoms with Crippen molar-refractivity contribution in [1.82, 2.24) is 9.47 Å². The molecule has 4 rings (SSSR count). The molecule has 0 aliphatic carbocycles. The second kappa shape index (κ2) is 8.41. The minimum atomic E-state index is -0.550. The molecule has 0 radical (unpaired) electrons. The number of carbonyl (C=O) groups excluding carboxylic acids is 3. The summed E-state index contributed by atoms with van der Waals surface area (Å²) in [6.07, 6.45) is 3.24. The highest BCUT2D eigenvalue weighted by molar-refractivity contribution is 8.18. The Morgan fingerprint density at radius 2 is 1.81 bits per heavy atom. The maximum atomic E-state index is 12.8. The number of nitrogens with zero attached hydrogens (tertiary/aromatic N) is 3. The number of rotatable bonds is 6. The SMILES string of the molecule is O=C(CN1C(=O)S/C(=C\c2cccn2-c2cccc([N+](=O)[O-])c2)C1=O)c1ccccc1. The number of nitro benzene ring substituents is 1. The number of carbonyl (C=O) groups is 3. The third-order valence-electron chi connectivity index (χ3n) is 4.65. The predicted octanol–water partition coefficient (Wildman–Crippen LogP) is 4.30. The van der Waals surface area contributed by atoms with Gasteiger partial charge in [0.25, 0.3) is 16.8 Å². The van der Waals surface area contributed by atoms with E-state index >= 15 is 0 Å². The molecule has 154 valence electrons. The first-order valence-electron chi connectivity index (χ1n) is 9.20. The Kier molecular flexibility index (Phi) is 5.50. The van der Waals surface area contributed by atoms with Crippen LogP contribution in [0.15, 0.2) is 77.8 Å². The summed E-state index contributed by atoms with van der Waals surface area (Å²) in [5.74, 6) is -0.879. The Hall–Kier alpha value is -3.98. The van der Waals surface area contributed by atoms with Crippen LogP contribution in [0.2, 0.25) is 0 Å². The van der Waals surface area contributed by atoms with Crippen molar-refractivity contribution in [2.24, 2.45) is 0 Å². The fourth-order valence-electron chi connectivity index (χ4n) is 3.13. The van der Waals surface area contributed by atoms with Gasteiger partial charge < -0.3 is 4.57 Å². The van der Waals surface area contributed by atoms with Crippen LogP contribution in [0.25, 0.3) is 11.8 Å². The van der Waals surface area contributed by atoms with Gasteiger partial charge in [0.2, 0.25) is 0 Å². The van der Waals surface area contributed by atoms with Crippen molar-refractivity contribution in [2.75, 3.05) is 6.54 Å². The van der Waals surface area contributed by atoms with Gasteiger partial charge in [-0.05, 0) is 36.0 Å². The number of amides is 2. The van der Waals surface area contributed by atoms with Crippen molar-refractivity contribution < 1.29 is 19.3 Å². The summed E-state index contributed by atoms with van der Waals surface area (Å²) in [6.45, 7) is -0.335. The topological polar surface area (TPSA) is 103 Å². The van der Waals surface area contributed by atoms with Gasteiger partial charge in [-0.15, -0.1) is 0 Å². The van der Waals surface area contributed by atoms with Crippen molar-refractivity contribution in [2.45, 2.75) is 0 Å². The Balaban J connectivity index is 1.58. The molecule has 9 heteroatoms. The molecule has 2 heterocycles. The molecule has 1 fully saturated rings. The molecule has 0 spiro atoms. The van der Waals surface area contributed by atoms with Crippen LogP contribution in [0.5, 0.6) is 0 Å². The zero-order chi connectivity index (χ0) is 22.0. The zero-order valence-corrected chi connectivity index (χ0v) is 16.8. The van der Waals surface area contributed by atoms with Gasteiger partial charge in [-0.3, -0.25) is 29.4 Å². The minimum absolute atomic E-state index is 0.0584. The number of thioether (sulfide) groups is 1. The molecule has 1 aliphatic heterocycles. The van der Waals surface area contributed by atoms with Gasteiger partial charge >= 0.3 is 0 Å². The molecule has 1 aromatic heterocycles. The Morgan fingerprint density at radius 1 is 1.03 bits per heavy atom. The third kappa shape index (κ3) is 4.17. The minimum Gasteiger partial charge on any atom is -0.317 e.